The maximum Gasteiger partial charge on any atom is 0.435 e. The van der Waals surface area contributed by atoms with Crippen molar-refractivity contribution in [1.82, 2.24) is 24.2 Å². The van der Waals surface area contributed by atoms with Crippen molar-refractivity contribution in [3.8, 4) is 0 Å². The summed E-state index contributed by atoms with van der Waals surface area (Å²) in [5, 5.41) is 6.37. The maximum absolute atomic E-state index is 13.0. The molecule has 168 valence electrons. The average Bonchev–Trinajstić information content (AvgIpc) is 3.28. The highest BCUT2D eigenvalue weighted by molar-refractivity contribution is 5.94. The Hall–Kier alpha value is -2.88. The first kappa shape index (κ1) is 22.8. The number of carbonyl (C=O) groups is 1. The Kier molecular flexibility index (Phi) is 6.68. The van der Waals surface area contributed by atoms with Crippen LogP contribution in [0.3, 0.4) is 0 Å². The zero-order valence-corrected chi connectivity index (χ0v) is 18.1. The third-order valence-corrected chi connectivity index (χ3v) is 5.38. The van der Waals surface area contributed by atoms with Crippen LogP contribution in [0.4, 0.5) is 19.1 Å². The number of amides is 1. The van der Waals surface area contributed by atoms with Crippen LogP contribution in [0.1, 0.15) is 38.2 Å². The molecule has 2 heterocycles. The molecule has 10 heteroatoms. The molecular formula is C21H27F3N6O. The Morgan fingerprint density at radius 2 is 1.90 bits per heavy atom. The number of aryl methyl sites for hydroxylation is 1. The van der Waals surface area contributed by atoms with Crippen LogP contribution in [0.25, 0.3) is 11.0 Å². The number of nitrogens with one attached hydrogen (secondary N) is 1. The molecule has 0 bridgehead atoms. The number of hydrogen-bond acceptors (Lipinski definition) is 4. The number of halogens is 3. The molecule has 3 aromatic rings. The number of hydrogen-bond donors (Lipinski definition) is 1. The highest BCUT2D eigenvalue weighted by Gasteiger charge is 2.35. The van der Waals surface area contributed by atoms with E-state index in [1.54, 1.807) is 0 Å². The third-order valence-electron chi connectivity index (χ3n) is 5.38. The van der Waals surface area contributed by atoms with Gasteiger partial charge in [0.2, 0.25) is 5.95 Å². The quantitative estimate of drug-likeness (QED) is 0.577. The molecule has 1 aromatic carbocycles. The lowest BCUT2D eigenvalue weighted by Gasteiger charge is -2.20. The average molecular weight is 436 g/mol. The Bertz CT molecular complexity index is 1050. The van der Waals surface area contributed by atoms with Gasteiger partial charge in [-0.05, 0) is 45.1 Å². The number of para-hydroxylation sites is 2. The molecule has 0 aliphatic heterocycles. The minimum Gasteiger partial charge on any atom is -0.309 e. The van der Waals surface area contributed by atoms with Crippen LogP contribution >= 0.6 is 0 Å². The van der Waals surface area contributed by atoms with Gasteiger partial charge in [0.15, 0.2) is 5.69 Å². The van der Waals surface area contributed by atoms with E-state index >= 15 is 0 Å². The zero-order chi connectivity index (χ0) is 22.8. The summed E-state index contributed by atoms with van der Waals surface area (Å²) in [6.45, 7) is 10.4. The monoisotopic (exact) mass is 436 g/mol. The second kappa shape index (κ2) is 9.09. The number of alkyl halides is 3. The van der Waals surface area contributed by atoms with Crippen LogP contribution in [0.5, 0.6) is 0 Å². The summed E-state index contributed by atoms with van der Waals surface area (Å²) in [4.78, 5) is 19.7. The summed E-state index contributed by atoms with van der Waals surface area (Å²) < 4.78 is 41.9. The second-order valence-corrected chi connectivity index (χ2v) is 7.38. The lowest BCUT2D eigenvalue weighted by molar-refractivity contribution is -0.141. The lowest BCUT2D eigenvalue weighted by Crippen LogP contribution is -2.29. The van der Waals surface area contributed by atoms with E-state index in [0.29, 0.717) is 12.5 Å². The van der Waals surface area contributed by atoms with Crippen LogP contribution in [0.2, 0.25) is 0 Å². The molecule has 0 saturated heterocycles. The molecule has 3 rings (SSSR count). The van der Waals surface area contributed by atoms with Crippen LogP contribution in [0, 0.1) is 6.92 Å². The van der Waals surface area contributed by atoms with Crippen molar-refractivity contribution in [2.75, 3.05) is 25.0 Å². The summed E-state index contributed by atoms with van der Waals surface area (Å²) in [6.07, 6.45) is -4.56. The van der Waals surface area contributed by atoms with Crippen molar-refractivity contribution < 1.29 is 18.0 Å². The Morgan fingerprint density at radius 1 is 1.23 bits per heavy atom. The number of aromatic nitrogens is 4. The molecule has 0 saturated carbocycles. The fraction of sp³-hybridized carbons (Fsp3) is 0.476. The molecule has 0 aliphatic rings. The van der Waals surface area contributed by atoms with Gasteiger partial charge in [0.1, 0.15) is 6.04 Å². The van der Waals surface area contributed by atoms with Crippen molar-refractivity contribution >= 4 is 22.9 Å². The van der Waals surface area contributed by atoms with Gasteiger partial charge in [-0.15, -0.1) is 0 Å². The topological polar surface area (TPSA) is 68.0 Å². The number of carbonyl (C=O) groups excluding carboxylic acids is 1. The normalized spacial score (nSPS) is 13.2. The highest BCUT2D eigenvalue weighted by atomic mass is 19.4. The number of fused-ring (bicyclic) bond motifs is 1. The minimum absolute atomic E-state index is 0.255. The molecule has 0 spiro atoms. The summed E-state index contributed by atoms with van der Waals surface area (Å²) in [5.41, 5.74) is 0.855. The number of anilines is 1. The smallest absolute Gasteiger partial charge is 0.309 e. The van der Waals surface area contributed by atoms with Crippen LogP contribution < -0.4 is 5.32 Å². The van der Waals surface area contributed by atoms with E-state index < -0.39 is 23.8 Å². The molecule has 0 fully saturated rings. The predicted octanol–water partition coefficient (Wildman–Crippen LogP) is 4.10. The molecule has 1 unspecified atom stereocenters. The van der Waals surface area contributed by atoms with Gasteiger partial charge in [-0.25, -0.2) is 4.98 Å². The summed E-state index contributed by atoms with van der Waals surface area (Å²) in [7, 11) is 0. The molecule has 1 amide bonds. The zero-order valence-electron chi connectivity index (χ0n) is 18.1. The van der Waals surface area contributed by atoms with Crippen molar-refractivity contribution in [2.24, 2.45) is 0 Å². The van der Waals surface area contributed by atoms with E-state index in [0.717, 1.165) is 41.4 Å². The number of nitrogens with zero attached hydrogens (tertiary/aromatic N) is 5. The molecule has 0 radical (unpaired) electrons. The van der Waals surface area contributed by atoms with E-state index in [4.69, 9.17) is 0 Å². The molecule has 31 heavy (non-hydrogen) atoms. The minimum atomic E-state index is -4.56. The Balaban J connectivity index is 1.86. The first-order valence-corrected chi connectivity index (χ1v) is 10.3. The first-order chi connectivity index (χ1) is 14.7. The molecule has 1 atom stereocenters. The largest absolute Gasteiger partial charge is 0.435 e. The fourth-order valence-corrected chi connectivity index (χ4v) is 3.52. The Morgan fingerprint density at radius 3 is 2.52 bits per heavy atom. The van der Waals surface area contributed by atoms with Crippen molar-refractivity contribution in [1.29, 1.82) is 0 Å². The fourth-order valence-electron chi connectivity index (χ4n) is 3.52. The van der Waals surface area contributed by atoms with E-state index in [9.17, 15) is 18.0 Å². The van der Waals surface area contributed by atoms with Gasteiger partial charge in [0, 0.05) is 18.8 Å². The molecular weight excluding hydrogens is 409 g/mol. The van der Waals surface area contributed by atoms with Gasteiger partial charge < -0.3 is 9.47 Å². The van der Waals surface area contributed by atoms with Gasteiger partial charge in [-0.1, -0.05) is 26.0 Å². The summed E-state index contributed by atoms with van der Waals surface area (Å²) >= 11 is 0. The third kappa shape index (κ3) is 4.90. The standard InChI is InChI=1S/C21H27F3N6O/c1-5-28(6-2)11-12-29-17-10-8-7-9-16(17)25-20(29)26-19(31)15(4)30-14(3)13-18(27-30)21(22,23)24/h7-10,13,15H,5-6,11-12H2,1-4H3,(H,25,26,31). The number of likely N-dealkylation sites (N-methyl/N-ethyl adjacent to an activating group) is 1. The number of rotatable bonds is 8. The van der Waals surface area contributed by atoms with Crippen molar-refractivity contribution in [2.45, 2.75) is 46.5 Å². The number of imidazole rings is 1. The lowest BCUT2D eigenvalue weighted by atomic mass is 10.3. The molecule has 2 aromatic heterocycles. The first-order valence-electron chi connectivity index (χ1n) is 10.3. The van der Waals surface area contributed by atoms with Crippen molar-refractivity contribution in [3.63, 3.8) is 0 Å². The Labute approximate surface area is 178 Å². The van der Waals surface area contributed by atoms with Gasteiger partial charge in [0.05, 0.1) is 11.0 Å². The molecule has 0 aliphatic carbocycles. The summed E-state index contributed by atoms with van der Waals surface area (Å²) in [5.74, 6) is -0.120. The van der Waals surface area contributed by atoms with Crippen LogP contribution in [-0.2, 0) is 17.5 Å². The van der Waals surface area contributed by atoms with Gasteiger partial charge in [0.25, 0.3) is 5.91 Å². The molecule has 1 N–H and O–H groups in total. The molecule has 7 nitrogen and oxygen atoms in total. The maximum atomic E-state index is 13.0. The van der Waals surface area contributed by atoms with Crippen LogP contribution in [0.15, 0.2) is 30.3 Å². The van der Waals surface area contributed by atoms with E-state index in [1.807, 2.05) is 28.8 Å². The van der Waals surface area contributed by atoms with Gasteiger partial charge in [-0.2, -0.15) is 18.3 Å². The van der Waals surface area contributed by atoms with Crippen LogP contribution in [-0.4, -0.2) is 49.8 Å². The second-order valence-electron chi connectivity index (χ2n) is 7.38. The van der Waals surface area contributed by atoms with Gasteiger partial charge >= 0.3 is 6.18 Å². The SMILES string of the molecule is CCN(CC)CCn1c(NC(=O)C(C)n2nc(C(F)(F)F)cc2C)nc2ccccc21. The predicted molar refractivity (Wildman–Crippen MR) is 113 cm³/mol. The summed E-state index contributed by atoms with van der Waals surface area (Å²) in [6, 6.07) is 7.55. The highest BCUT2D eigenvalue weighted by Crippen LogP contribution is 2.29. The van der Waals surface area contributed by atoms with E-state index in [2.05, 4.69) is 34.1 Å². The van der Waals surface area contributed by atoms with Gasteiger partial charge in [-0.3, -0.25) is 14.8 Å². The number of benzene rings is 1. The van der Waals surface area contributed by atoms with E-state index in [1.165, 1.54) is 13.8 Å². The van der Waals surface area contributed by atoms with Crippen molar-refractivity contribution in [3.05, 3.63) is 41.7 Å². The van der Waals surface area contributed by atoms with E-state index in [-0.39, 0.29) is 5.69 Å².